The molecule has 0 aromatic heterocycles. The molecular weight excluding hydrogens is 198 g/mol. The second-order valence-corrected chi connectivity index (χ2v) is 6.19. The normalized spacial score (nSPS) is 24.6. The van der Waals surface area contributed by atoms with Crippen molar-refractivity contribution in [3.05, 3.63) is 11.5 Å². The predicted molar refractivity (Wildman–Crippen MR) is 58.8 cm³/mol. The molecule has 1 aliphatic heterocycles. The molecule has 0 radical (unpaired) electrons. The van der Waals surface area contributed by atoms with Crippen molar-refractivity contribution in [2.24, 2.45) is 5.92 Å². The van der Waals surface area contributed by atoms with E-state index in [9.17, 15) is 8.42 Å². The van der Waals surface area contributed by atoms with Gasteiger partial charge in [-0.3, -0.25) is 0 Å². The van der Waals surface area contributed by atoms with Crippen molar-refractivity contribution in [2.45, 2.75) is 32.7 Å². The fourth-order valence-electron chi connectivity index (χ4n) is 1.50. The van der Waals surface area contributed by atoms with Gasteiger partial charge < -0.3 is 5.32 Å². The van der Waals surface area contributed by atoms with Gasteiger partial charge in [0, 0.05) is 11.4 Å². The van der Waals surface area contributed by atoms with Crippen LogP contribution in [0.4, 0.5) is 0 Å². The zero-order valence-electron chi connectivity index (χ0n) is 8.86. The van der Waals surface area contributed by atoms with Gasteiger partial charge in [0.15, 0.2) is 9.84 Å². The minimum absolute atomic E-state index is 0.0344. The van der Waals surface area contributed by atoms with Crippen LogP contribution in [0.15, 0.2) is 11.5 Å². The van der Waals surface area contributed by atoms with E-state index in [1.54, 1.807) is 6.08 Å². The Morgan fingerprint density at radius 3 is 2.71 bits per heavy atom. The van der Waals surface area contributed by atoms with Crippen LogP contribution in [-0.4, -0.2) is 26.8 Å². The van der Waals surface area contributed by atoms with Gasteiger partial charge in [-0.1, -0.05) is 19.9 Å². The minimum Gasteiger partial charge on any atom is -0.310 e. The first kappa shape index (κ1) is 11.7. The summed E-state index contributed by atoms with van der Waals surface area (Å²) in [6, 6.07) is 0.0344. The molecule has 1 rings (SSSR count). The summed E-state index contributed by atoms with van der Waals surface area (Å²) in [5.74, 6) is 0.953. The highest BCUT2D eigenvalue weighted by Crippen LogP contribution is 2.08. The summed E-state index contributed by atoms with van der Waals surface area (Å²) in [4.78, 5) is 0. The molecule has 1 unspecified atom stereocenters. The Morgan fingerprint density at radius 1 is 1.50 bits per heavy atom. The molecule has 0 aliphatic carbocycles. The van der Waals surface area contributed by atoms with E-state index in [0.29, 0.717) is 0 Å². The second-order valence-electron chi connectivity index (χ2n) is 4.25. The van der Waals surface area contributed by atoms with Crippen LogP contribution in [0.2, 0.25) is 0 Å². The summed E-state index contributed by atoms with van der Waals surface area (Å²) in [7, 11) is -2.89. The van der Waals surface area contributed by atoms with Gasteiger partial charge in [0.1, 0.15) is 0 Å². The predicted octanol–water partition coefficient (Wildman–Crippen LogP) is 1.32. The maximum atomic E-state index is 11.1. The van der Waals surface area contributed by atoms with E-state index in [1.807, 2.05) is 0 Å². The number of sulfone groups is 1. The third kappa shape index (κ3) is 4.24. The van der Waals surface area contributed by atoms with E-state index in [-0.39, 0.29) is 11.8 Å². The summed E-state index contributed by atoms with van der Waals surface area (Å²) >= 11 is 0. The first-order valence-electron chi connectivity index (χ1n) is 5.14. The van der Waals surface area contributed by atoms with Crippen LogP contribution in [-0.2, 0) is 9.84 Å². The largest absolute Gasteiger partial charge is 0.310 e. The molecule has 0 amide bonds. The van der Waals surface area contributed by atoms with Crippen LogP contribution >= 0.6 is 0 Å². The number of nitrogens with one attached hydrogen (secondary N) is 1. The van der Waals surface area contributed by atoms with Crippen LogP contribution in [0.5, 0.6) is 0 Å². The number of rotatable bonds is 5. The highest BCUT2D eigenvalue weighted by atomic mass is 32.2. The molecule has 0 fully saturated rings. The Balaban J connectivity index is 2.13. The zero-order valence-corrected chi connectivity index (χ0v) is 9.68. The lowest BCUT2D eigenvalue weighted by Gasteiger charge is -2.10. The molecule has 1 atom stereocenters. The molecule has 1 aliphatic rings. The van der Waals surface area contributed by atoms with Crippen molar-refractivity contribution in [1.82, 2.24) is 5.32 Å². The number of hydrogen-bond donors (Lipinski definition) is 1. The lowest BCUT2D eigenvalue weighted by molar-refractivity contribution is 0.516. The summed E-state index contributed by atoms with van der Waals surface area (Å²) in [6.45, 7) is 5.29. The monoisotopic (exact) mass is 217 g/mol. The summed E-state index contributed by atoms with van der Waals surface area (Å²) in [5.41, 5.74) is 0. The van der Waals surface area contributed by atoms with Crippen LogP contribution < -0.4 is 5.32 Å². The average molecular weight is 217 g/mol. The van der Waals surface area contributed by atoms with E-state index in [4.69, 9.17) is 0 Å². The molecule has 82 valence electrons. The van der Waals surface area contributed by atoms with Gasteiger partial charge in [-0.05, 0) is 25.3 Å². The van der Waals surface area contributed by atoms with E-state index in [0.717, 1.165) is 18.9 Å². The quantitative estimate of drug-likeness (QED) is 0.707. The van der Waals surface area contributed by atoms with Gasteiger partial charge in [0.25, 0.3) is 0 Å². The van der Waals surface area contributed by atoms with Crippen LogP contribution in [0.3, 0.4) is 0 Å². The van der Waals surface area contributed by atoms with E-state index < -0.39 is 9.84 Å². The van der Waals surface area contributed by atoms with Crippen LogP contribution in [0, 0.1) is 5.92 Å². The third-order valence-corrected chi connectivity index (χ3v) is 3.69. The summed E-state index contributed by atoms with van der Waals surface area (Å²) < 4.78 is 22.1. The smallest absolute Gasteiger partial charge is 0.173 e. The second kappa shape index (κ2) is 4.94. The Kier molecular flexibility index (Phi) is 4.13. The molecule has 4 heteroatoms. The first-order valence-corrected chi connectivity index (χ1v) is 6.85. The van der Waals surface area contributed by atoms with Crippen LogP contribution in [0.25, 0.3) is 0 Å². The van der Waals surface area contributed by atoms with Gasteiger partial charge in [-0.2, -0.15) is 0 Å². The van der Waals surface area contributed by atoms with Crippen molar-refractivity contribution < 1.29 is 8.42 Å². The molecule has 0 spiro atoms. The van der Waals surface area contributed by atoms with Crippen molar-refractivity contribution in [3.63, 3.8) is 0 Å². The molecular formula is C10H19NO2S. The molecule has 0 aromatic rings. The Labute approximate surface area is 86.5 Å². The molecule has 1 heterocycles. The highest BCUT2D eigenvalue weighted by molar-refractivity contribution is 7.94. The third-order valence-electron chi connectivity index (χ3n) is 2.29. The average Bonchev–Trinajstić information content (AvgIpc) is 2.39. The standard InChI is InChI=1S/C10H19NO2S/c1-9(2)4-3-6-11-10-5-7-14(12,13)8-10/h5,7,9-11H,3-4,6,8H2,1-2H3. The summed E-state index contributed by atoms with van der Waals surface area (Å²) in [5, 5.41) is 4.54. The van der Waals surface area contributed by atoms with Gasteiger partial charge in [-0.15, -0.1) is 0 Å². The Bertz CT molecular complexity index is 293. The van der Waals surface area contributed by atoms with Gasteiger partial charge in [0.05, 0.1) is 5.75 Å². The topological polar surface area (TPSA) is 46.2 Å². The molecule has 0 saturated carbocycles. The Morgan fingerprint density at radius 2 is 2.21 bits per heavy atom. The van der Waals surface area contributed by atoms with Gasteiger partial charge >= 0.3 is 0 Å². The summed E-state index contributed by atoms with van der Waals surface area (Å²) in [6.07, 6.45) is 4.04. The van der Waals surface area contributed by atoms with Gasteiger partial charge in [-0.25, -0.2) is 8.42 Å². The van der Waals surface area contributed by atoms with Crippen LogP contribution in [0.1, 0.15) is 26.7 Å². The van der Waals surface area contributed by atoms with E-state index >= 15 is 0 Å². The molecule has 14 heavy (non-hydrogen) atoms. The maximum Gasteiger partial charge on any atom is 0.173 e. The number of hydrogen-bond acceptors (Lipinski definition) is 3. The van der Waals surface area contributed by atoms with Crippen molar-refractivity contribution in [2.75, 3.05) is 12.3 Å². The SMILES string of the molecule is CC(C)CCCNC1C=CS(=O)(=O)C1. The van der Waals surface area contributed by atoms with Crippen molar-refractivity contribution in [1.29, 1.82) is 0 Å². The van der Waals surface area contributed by atoms with E-state index in [2.05, 4.69) is 19.2 Å². The maximum absolute atomic E-state index is 11.1. The van der Waals surface area contributed by atoms with Crippen molar-refractivity contribution in [3.8, 4) is 0 Å². The lowest BCUT2D eigenvalue weighted by atomic mass is 10.1. The lowest BCUT2D eigenvalue weighted by Crippen LogP contribution is -2.30. The van der Waals surface area contributed by atoms with E-state index in [1.165, 1.54) is 11.8 Å². The minimum atomic E-state index is -2.89. The van der Waals surface area contributed by atoms with Gasteiger partial charge in [0.2, 0.25) is 0 Å². The molecule has 3 nitrogen and oxygen atoms in total. The zero-order chi connectivity index (χ0) is 10.6. The fraction of sp³-hybridized carbons (Fsp3) is 0.800. The fourth-order valence-corrected chi connectivity index (χ4v) is 2.77. The Hall–Kier alpha value is -0.350. The molecule has 0 saturated heterocycles. The molecule has 1 N–H and O–H groups in total. The molecule has 0 bridgehead atoms. The molecule has 0 aromatic carbocycles. The van der Waals surface area contributed by atoms with Crippen molar-refractivity contribution >= 4 is 9.84 Å². The first-order chi connectivity index (χ1) is 6.49. The highest BCUT2D eigenvalue weighted by Gasteiger charge is 2.20.